The van der Waals surface area contributed by atoms with E-state index in [1.54, 1.807) is 18.2 Å². The number of halogens is 4. The third-order valence-electron chi connectivity index (χ3n) is 3.99. The van der Waals surface area contributed by atoms with Crippen molar-refractivity contribution in [3.8, 4) is 5.88 Å². The van der Waals surface area contributed by atoms with E-state index in [4.69, 9.17) is 21.2 Å². The van der Waals surface area contributed by atoms with Crippen LogP contribution in [0.1, 0.15) is 22.3 Å². The Morgan fingerprint density at radius 3 is 2.52 bits per heavy atom. The van der Waals surface area contributed by atoms with Crippen LogP contribution >= 0.6 is 11.6 Å². The number of pyridine rings is 1. The largest absolute Gasteiger partial charge is 0.473 e. The highest BCUT2D eigenvalue weighted by atomic mass is 35.5. The molecule has 3 rings (SSSR count). The summed E-state index contributed by atoms with van der Waals surface area (Å²) in [7, 11) is 1.44. The number of hydrogen-bond acceptors (Lipinski definition) is 4. The number of aromatic nitrogens is 1. The molecule has 0 fully saturated rings. The molecule has 4 nitrogen and oxygen atoms in total. The molecule has 150 valence electrons. The first kappa shape index (κ1) is 20.7. The monoisotopic (exact) mass is 420 g/mol. The Kier molecular flexibility index (Phi) is 6.39. The molecule has 0 aliphatic rings. The maximum Gasteiger partial charge on any atom is 0.417 e. The summed E-state index contributed by atoms with van der Waals surface area (Å²) < 4.78 is 43.6. The number of oxime groups is 1. The molecule has 0 atom stereocenters. The first-order chi connectivity index (χ1) is 13.9. The smallest absolute Gasteiger partial charge is 0.417 e. The first-order valence-corrected chi connectivity index (χ1v) is 8.87. The molecule has 0 aliphatic carbocycles. The normalized spacial score (nSPS) is 12.0. The maximum atomic E-state index is 12.7. The average Bonchev–Trinajstić information content (AvgIpc) is 2.70. The Balaban J connectivity index is 1.85. The van der Waals surface area contributed by atoms with Crippen molar-refractivity contribution in [2.75, 3.05) is 7.11 Å². The van der Waals surface area contributed by atoms with Crippen molar-refractivity contribution < 1.29 is 22.7 Å². The van der Waals surface area contributed by atoms with E-state index < -0.39 is 11.7 Å². The minimum Gasteiger partial charge on any atom is -0.473 e. The van der Waals surface area contributed by atoms with E-state index in [0.717, 1.165) is 29.0 Å². The molecule has 0 saturated carbocycles. The van der Waals surface area contributed by atoms with Gasteiger partial charge in [0.25, 0.3) is 0 Å². The fourth-order valence-corrected chi connectivity index (χ4v) is 2.84. The zero-order chi connectivity index (χ0) is 20.9. The minimum atomic E-state index is -4.44. The van der Waals surface area contributed by atoms with Gasteiger partial charge in [-0.1, -0.05) is 53.2 Å². The molecule has 8 heteroatoms. The number of nitrogens with zero attached hydrogens (tertiary/aromatic N) is 2. The van der Waals surface area contributed by atoms with Gasteiger partial charge in [-0.3, -0.25) is 0 Å². The van der Waals surface area contributed by atoms with Gasteiger partial charge in [0.05, 0.1) is 5.56 Å². The number of rotatable bonds is 6. The van der Waals surface area contributed by atoms with Crippen LogP contribution < -0.4 is 4.74 Å². The molecule has 0 bridgehead atoms. The molecule has 1 aromatic heterocycles. The molecule has 2 aromatic carbocycles. The van der Waals surface area contributed by atoms with Crippen LogP contribution in [-0.4, -0.2) is 17.8 Å². The van der Waals surface area contributed by atoms with Gasteiger partial charge >= 0.3 is 6.18 Å². The fraction of sp³-hybridized carbons (Fsp3) is 0.143. The summed E-state index contributed by atoms with van der Waals surface area (Å²) >= 11 is 6.09. The van der Waals surface area contributed by atoms with Crippen LogP contribution in [0, 0.1) is 0 Å². The van der Waals surface area contributed by atoms with E-state index in [1.165, 1.54) is 13.2 Å². The fourth-order valence-electron chi connectivity index (χ4n) is 2.65. The van der Waals surface area contributed by atoms with Crippen LogP contribution in [0.3, 0.4) is 0 Å². The number of ether oxygens (including phenoxy) is 1. The summed E-state index contributed by atoms with van der Waals surface area (Å²) in [6.07, 6.45) is -3.70. The van der Waals surface area contributed by atoms with Gasteiger partial charge in [0.2, 0.25) is 5.88 Å². The van der Waals surface area contributed by atoms with Crippen molar-refractivity contribution in [2.24, 2.45) is 5.16 Å². The average molecular weight is 421 g/mol. The molecule has 0 aliphatic heterocycles. The second-order valence-corrected chi connectivity index (χ2v) is 6.40. The van der Waals surface area contributed by atoms with Gasteiger partial charge in [-0.15, -0.1) is 0 Å². The zero-order valence-corrected chi connectivity index (χ0v) is 16.0. The van der Waals surface area contributed by atoms with E-state index >= 15 is 0 Å². The van der Waals surface area contributed by atoms with E-state index in [1.807, 2.05) is 30.3 Å². The van der Waals surface area contributed by atoms with Crippen molar-refractivity contribution >= 4 is 17.3 Å². The van der Waals surface area contributed by atoms with Gasteiger partial charge in [0, 0.05) is 28.4 Å². The topological polar surface area (TPSA) is 43.7 Å². The summed E-state index contributed by atoms with van der Waals surface area (Å²) in [6.45, 7) is 0.0812. The predicted molar refractivity (Wildman–Crippen MR) is 104 cm³/mol. The number of hydrogen-bond donors (Lipinski definition) is 0. The van der Waals surface area contributed by atoms with Crippen LogP contribution in [0.4, 0.5) is 13.2 Å². The molecule has 0 saturated heterocycles. The van der Waals surface area contributed by atoms with Crippen molar-refractivity contribution in [1.29, 1.82) is 0 Å². The van der Waals surface area contributed by atoms with Crippen molar-refractivity contribution in [3.05, 3.63) is 94.1 Å². The lowest BCUT2D eigenvalue weighted by Crippen LogP contribution is -2.10. The highest BCUT2D eigenvalue weighted by molar-refractivity contribution is 6.31. The van der Waals surface area contributed by atoms with Gasteiger partial charge < -0.3 is 9.57 Å². The summed E-state index contributed by atoms with van der Waals surface area (Å²) in [5.74, 6) is 0.0841. The molecule has 0 spiro atoms. The molecule has 3 aromatic rings. The molecule has 0 unspecified atom stereocenters. The zero-order valence-electron chi connectivity index (χ0n) is 15.3. The Hall–Kier alpha value is -3.06. The Morgan fingerprint density at radius 1 is 1.07 bits per heavy atom. The summed E-state index contributed by atoms with van der Waals surface area (Å²) in [4.78, 5) is 8.73. The van der Waals surface area contributed by atoms with Crippen LogP contribution in [0.15, 0.2) is 72.0 Å². The summed E-state index contributed by atoms with van der Waals surface area (Å²) in [6, 6.07) is 16.6. The maximum absolute atomic E-state index is 12.7. The predicted octanol–water partition coefficient (Wildman–Crippen LogP) is 5.73. The second-order valence-electron chi connectivity index (χ2n) is 5.96. The van der Waals surface area contributed by atoms with E-state index in [0.29, 0.717) is 10.7 Å². The van der Waals surface area contributed by atoms with E-state index in [9.17, 15) is 13.2 Å². The van der Waals surface area contributed by atoms with Gasteiger partial charge in [-0.25, -0.2) is 4.98 Å². The van der Waals surface area contributed by atoms with Gasteiger partial charge in [0.1, 0.15) is 19.4 Å². The van der Waals surface area contributed by atoms with Gasteiger partial charge in [-0.2, -0.15) is 13.2 Å². The first-order valence-electron chi connectivity index (χ1n) is 8.50. The third kappa shape index (κ3) is 5.26. The Bertz CT molecular complexity index is 1010. The van der Waals surface area contributed by atoms with Gasteiger partial charge in [0.15, 0.2) is 0 Å². The summed E-state index contributed by atoms with van der Waals surface area (Å²) in [5, 5.41) is 4.67. The number of benzene rings is 2. The SMILES string of the molecule is CO/N=C(/c1cccc(Cl)c1)c1ccccc1COc1ccc(C(F)(F)F)cn1. The lowest BCUT2D eigenvalue weighted by Gasteiger charge is -2.13. The summed E-state index contributed by atoms with van der Waals surface area (Å²) in [5.41, 5.74) is 1.96. The standard InChI is InChI=1S/C21H16ClF3N2O2/c1-28-27-20(14-6-4-7-17(22)11-14)18-8-3-2-5-15(18)13-29-19-10-9-16(12-26-19)21(23,24)25/h2-12H,13H2,1H3/b27-20-. The molecular formula is C21H16ClF3N2O2. The van der Waals surface area contributed by atoms with Gasteiger partial charge in [-0.05, 0) is 23.8 Å². The van der Waals surface area contributed by atoms with E-state index in [2.05, 4.69) is 10.1 Å². The van der Waals surface area contributed by atoms with Crippen molar-refractivity contribution in [3.63, 3.8) is 0 Å². The van der Waals surface area contributed by atoms with Crippen molar-refractivity contribution in [2.45, 2.75) is 12.8 Å². The molecule has 29 heavy (non-hydrogen) atoms. The quantitative estimate of drug-likeness (QED) is 0.378. The molecular weight excluding hydrogens is 405 g/mol. The molecule has 1 heterocycles. The highest BCUT2D eigenvalue weighted by Crippen LogP contribution is 2.29. The van der Waals surface area contributed by atoms with Crippen LogP contribution in [-0.2, 0) is 17.6 Å². The lowest BCUT2D eigenvalue weighted by atomic mass is 9.98. The molecule has 0 radical (unpaired) electrons. The second kappa shape index (κ2) is 8.96. The van der Waals surface area contributed by atoms with Crippen LogP contribution in [0.25, 0.3) is 0 Å². The molecule has 0 N–H and O–H groups in total. The lowest BCUT2D eigenvalue weighted by molar-refractivity contribution is -0.137. The minimum absolute atomic E-state index is 0.0812. The third-order valence-corrected chi connectivity index (χ3v) is 4.23. The Labute approximate surface area is 170 Å². The highest BCUT2D eigenvalue weighted by Gasteiger charge is 2.30. The molecule has 0 amide bonds. The number of alkyl halides is 3. The Morgan fingerprint density at radius 2 is 1.86 bits per heavy atom. The van der Waals surface area contributed by atoms with Crippen LogP contribution in [0.5, 0.6) is 5.88 Å². The van der Waals surface area contributed by atoms with Crippen molar-refractivity contribution in [1.82, 2.24) is 4.98 Å². The van der Waals surface area contributed by atoms with Crippen LogP contribution in [0.2, 0.25) is 5.02 Å². The van der Waals surface area contributed by atoms with E-state index in [-0.39, 0.29) is 12.5 Å².